The molecule has 0 saturated carbocycles. The third kappa shape index (κ3) is 4.27. The van der Waals surface area contributed by atoms with Gasteiger partial charge >= 0.3 is 0 Å². The van der Waals surface area contributed by atoms with Crippen molar-refractivity contribution in [3.63, 3.8) is 0 Å². The largest absolute Gasteiger partial charge is 0.489 e. The first-order valence-corrected chi connectivity index (χ1v) is 7.24. The van der Waals surface area contributed by atoms with E-state index in [1.165, 1.54) is 12.1 Å². The first kappa shape index (κ1) is 15.5. The Bertz CT molecular complexity index is 647. The van der Waals surface area contributed by atoms with E-state index < -0.39 is 4.92 Å². The maximum absolute atomic E-state index is 10.7. The number of halogens is 1. The smallest absolute Gasteiger partial charge is 0.269 e. The number of rotatable bonds is 6. The van der Waals surface area contributed by atoms with Crippen LogP contribution in [0.2, 0.25) is 0 Å². The molecule has 0 saturated heterocycles. The molecule has 2 aromatic rings. The van der Waals surface area contributed by atoms with Crippen molar-refractivity contribution >= 4 is 21.6 Å². The molecule has 0 radical (unpaired) electrons. The van der Waals surface area contributed by atoms with Crippen molar-refractivity contribution in [2.75, 3.05) is 6.54 Å². The van der Waals surface area contributed by atoms with Gasteiger partial charge in [-0.25, -0.2) is 0 Å². The van der Waals surface area contributed by atoms with Gasteiger partial charge in [0.25, 0.3) is 5.69 Å². The van der Waals surface area contributed by atoms with E-state index in [1.54, 1.807) is 12.1 Å². The summed E-state index contributed by atoms with van der Waals surface area (Å²) in [6.45, 7) is 0.846. The van der Waals surface area contributed by atoms with Gasteiger partial charge in [-0.3, -0.25) is 10.1 Å². The summed E-state index contributed by atoms with van der Waals surface area (Å²) in [6.07, 6.45) is 0.759. The first-order chi connectivity index (χ1) is 10.1. The molecule has 110 valence electrons. The summed E-state index contributed by atoms with van der Waals surface area (Å²) in [6, 6.07) is 12.1. The Balaban J connectivity index is 2.07. The topological polar surface area (TPSA) is 78.4 Å². The molecule has 0 atom stereocenters. The number of benzene rings is 2. The molecule has 5 nitrogen and oxygen atoms in total. The Morgan fingerprint density at radius 1 is 1.24 bits per heavy atom. The fraction of sp³-hybridized carbons (Fsp3) is 0.200. The second kappa shape index (κ2) is 7.19. The molecule has 2 N–H and O–H groups in total. The molecule has 0 aliphatic carbocycles. The summed E-state index contributed by atoms with van der Waals surface area (Å²) in [5.41, 5.74) is 7.46. The molecule has 0 heterocycles. The van der Waals surface area contributed by atoms with E-state index in [9.17, 15) is 10.1 Å². The molecule has 0 spiro atoms. The fourth-order valence-corrected chi connectivity index (χ4v) is 2.36. The van der Waals surface area contributed by atoms with Crippen LogP contribution in [0.25, 0.3) is 0 Å². The molecular weight excluding hydrogens is 336 g/mol. The van der Waals surface area contributed by atoms with E-state index in [0.717, 1.165) is 22.0 Å². The molecule has 2 aromatic carbocycles. The lowest BCUT2D eigenvalue weighted by atomic mass is 10.1. The Labute approximate surface area is 131 Å². The van der Waals surface area contributed by atoms with Crippen molar-refractivity contribution < 1.29 is 9.66 Å². The standard InChI is InChI=1S/C15H15BrN2O3/c16-15-5-4-14(9-12(15)6-7-17)21-10-11-2-1-3-13(8-11)18(19)20/h1-5,8-9H,6-7,10,17H2. The Morgan fingerprint density at radius 2 is 2.05 bits per heavy atom. The number of hydrogen-bond donors (Lipinski definition) is 1. The van der Waals surface area contributed by atoms with Crippen LogP contribution < -0.4 is 10.5 Å². The van der Waals surface area contributed by atoms with E-state index in [4.69, 9.17) is 10.5 Å². The highest BCUT2D eigenvalue weighted by molar-refractivity contribution is 9.10. The molecule has 0 unspecified atom stereocenters. The minimum Gasteiger partial charge on any atom is -0.489 e. The summed E-state index contributed by atoms with van der Waals surface area (Å²) < 4.78 is 6.68. The number of nitro benzene ring substituents is 1. The molecule has 0 aliphatic heterocycles. The lowest BCUT2D eigenvalue weighted by Crippen LogP contribution is -2.04. The van der Waals surface area contributed by atoms with Crippen LogP contribution in [0.1, 0.15) is 11.1 Å². The molecule has 0 aliphatic rings. The summed E-state index contributed by atoms with van der Waals surface area (Å²) in [5, 5.41) is 10.7. The Morgan fingerprint density at radius 3 is 2.76 bits per heavy atom. The minimum atomic E-state index is -0.414. The highest BCUT2D eigenvalue weighted by Gasteiger charge is 2.07. The zero-order valence-corrected chi connectivity index (χ0v) is 12.9. The average Bonchev–Trinajstić information content (AvgIpc) is 2.48. The van der Waals surface area contributed by atoms with E-state index in [1.807, 2.05) is 18.2 Å². The molecule has 6 heteroatoms. The minimum absolute atomic E-state index is 0.0655. The number of ether oxygens (including phenoxy) is 1. The second-order valence-corrected chi connectivity index (χ2v) is 5.36. The van der Waals surface area contributed by atoms with Gasteiger partial charge in [0.15, 0.2) is 0 Å². The highest BCUT2D eigenvalue weighted by Crippen LogP contribution is 2.24. The second-order valence-electron chi connectivity index (χ2n) is 4.51. The van der Waals surface area contributed by atoms with Crippen LogP contribution in [0.4, 0.5) is 5.69 Å². The van der Waals surface area contributed by atoms with E-state index in [-0.39, 0.29) is 12.3 Å². The molecule has 0 bridgehead atoms. The normalized spacial score (nSPS) is 10.4. The van der Waals surface area contributed by atoms with Crippen LogP contribution in [0.3, 0.4) is 0 Å². The zero-order valence-electron chi connectivity index (χ0n) is 11.3. The SMILES string of the molecule is NCCc1cc(OCc2cccc([N+](=O)[O-])c2)ccc1Br. The van der Waals surface area contributed by atoms with Crippen molar-refractivity contribution in [2.24, 2.45) is 5.73 Å². The third-order valence-corrected chi connectivity index (χ3v) is 3.73. The van der Waals surface area contributed by atoms with Crippen LogP contribution in [-0.4, -0.2) is 11.5 Å². The van der Waals surface area contributed by atoms with Gasteiger partial charge in [-0.2, -0.15) is 0 Å². The number of nitro groups is 1. The zero-order chi connectivity index (χ0) is 15.2. The summed E-state index contributed by atoms with van der Waals surface area (Å²) in [5.74, 6) is 0.716. The number of nitrogens with zero attached hydrogens (tertiary/aromatic N) is 1. The van der Waals surface area contributed by atoms with Gasteiger partial charge in [0.2, 0.25) is 0 Å². The highest BCUT2D eigenvalue weighted by atomic mass is 79.9. The van der Waals surface area contributed by atoms with Crippen molar-refractivity contribution in [3.05, 3.63) is 68.2 Å². The van der Waals surface area contributed by atoms with E-state index >= 15 is 0 Å². The Hall–Kier alpha value is -1.92. The van der Waals surface area contributed by atoms with Gasteiger partial charge < -0.3 is 10.5 Å². The molecule has 0 aromatic heterocycles. The van der Waals surface area contributed by atoms with Crippen LogP contribution in [0.5, 0.6) is 5.75 Å². The van der Waals surface area contributed by atoms with Crippen molar-refractivity contribution in [1.82, 2.24) is 0 Å². The van der Waals surface area contributed by atoms with Crippen LogP contribution in [0, 0.1) is 10.1 Å². The fourth-order valence-electron chi connectivity index (χ4n) is 1.91. The predicted octanol–water partition coefficient (Wildman–Crippen LogP) is 3.44. The monoisotopic (exact) mass is 350 g/mol. The van der Waals surface area contributed by atoms with E-state index in [2.05, 4.69) is 15.9 Å². The summed E-state index contributed by atoms with van der Waals surface area (Å²) in [4.78, 5) is 10.3. The van der Waals surface area contributed by atoms with Gasteiger partial charge in [0.05, 0.1) is 4.92 Å². The quantitative estimate of drug-likeness (QED) is 0.639. The van der Waals surface area contributed by atoms with Crippen molar-refractivity contribution in [3.8, 4) is 5.75 Å². The molecule has 2 rings (SSSR count). The number of nitrogens with two attached hydrogens (primary N) is 1. The van der Waals surface area contributed by atoms with E-state index in [0.29, 0.717) is 12.3 Å². The van der Waals surface area contributed by atoms with Crippen molar-refractivity contribution in [1.29, 1.82) is 0 Å². The van der Waals surface area contributed by atoms with Gasteiger partial charge in [-0.15, -0.1) is 0 Å². The van der Waals surface area contributed by atoms with Gasteiger partial charge in [0.1, 0.15) is 12.4 Å². The maximum Gasteiger partial charge on any atom is 0.269 e. The third-order valence-electron chi connectivity index (χ3n) is 2.96. The number of non-ortho nitro benzene ring substituents is 1. The van der Waals surface area contributed by atoms with Crippen LogP contribution in [0.15, 0.2) is 46.9 Å². The molecule has 0 amide bonds. The predicted molar refractivity (Wildman–Crippen MR) is 84.3 cm³/mol. The summed E-state index contributed by atoms with van der Waals surface area (Å²) in [7, 11) is 0. The number of hydrogen-bond acceptors (Lipinski definition) is 4. The van der Waals surface area contributed by atoms with Crippen LogP contribution >= 0.6 is 15.9 Å². The van der Waals surface area contributed by atoms with Gasteiger partial charge in [-0.05, 0) is 42.3 Å². The lowest BCUT2D eigenvalue weighted by Gasteiger charge is -2.09. The first-order valence-electron chi connectivity index (χ1n) is 6.45. The summed E-state index contributed by atoms with van der Waals surface area (Å²) >= 11 is 3.47. The van der Waals surface area contributed by atoms with Gasteiger partial charge in [-0.1, -0.05) is 28.1 Å². The van der Waals surface area contributed by atoms with Crippen molar-refractivity contribution in [2.45, 2.75) is 13.0 Å². The lowest BCUT2D eigenvalue weighted by molar-refractivity contribution is -0.384. The van der Waals surface area contributed by atoms with Crippen LogP contribution in [-0.2, 0) is 13.0 Å². The molecule has 0 fully saturated rings. The average molecular weight is 351 g/mol. The Kier molecular flexibility index (Phi) is 5.30. The molecular formula is C15H15BrN2O3. The maximum atomic E-state index is 10.7. The van der Waals surface area contributed by atoms with Gasteiger partial charge in [0, 0.05) is 16.6 Å². The molecule has 21 heavy (non-hydrogen) atoms.